The summed E-state index contributed by atoms with van der Waals surface area (Å²) < 4.78 is 3.50. The van der Waals surface area contributed by atoms with Gasteiger partial charge < -0.3 is 9.55 Å². The molecule has 0 saturated carbocycles. The molecule has 0 aliphatic rings. The van der Waals surface area contributed by atoms with E-state index in [9.17, 15) is 9.59 Å². The van der Waals surface area contributed by atoms with E-state index in [1.54, 1.807) is 16.3 Å². The van der Waals surface area contributed by atoms with E-state index in [1.165, 1.54) is 5.39 Å². The van der Waals surface area contributed by atoms with Crippen LogP contribution in [0, 0.1) is 0 Å². The van der Waals surface area contributed by atoms with E-state index in [2.05, 4.69) is 29.0 Å². The Kier molecular flexibility index (Phi) is 5.13. The minimum Gasteiger partial charge on any atom is -0.350 e. The lowest BCUT2D eigenvalue weighted by Crippen LogP contribution is -2.31. The molecular weight excluding hydrogens is 374 g/mol. The highest BCUT2D eigenvalue weighted by atomic mass is 32.2. The summed E-state index contributed by atoms with van der Waals surface area (Å²) in [4.78, 5) is 35.3. The van der Waals surface area contributed by atoms with E-state index in [4.69, 9.17) is 4.98 Å². The number of unbranched alkanes of at least 4 members (excludes halogenated alkanes) is 1. The number of aromatic nitrogens is 5. The van der Waals surface area contributed by atoms with Crippen LogP contribution in [-0.2, 0) is 18.8 Å². The fraction of sp³-hybridized carbons (Fsp3) is 0.350. The van der Waals surface area contributed by atoms with Crippen LogP contribution in [0.25, 0.3) is 22.1 Å². The molecular formula is C20H23N5O2S. The van der Waals surface area contributed by atoms with Crippen molar-refractivity contribution in [2.75, 3.05) is 0 Å². The molecule has 0 saturated heterocycles. The maximum absolute atomic E-state index is 12.5. The highest BCUT2D eigenvalue weighted by molar-refractivity contribution is 7.98. The van der Waals surface area contributed by atoms with Gasteiger partial charge in [-0.05, 0) is 25.5 Å². The molecule has 0 amide bonds. The summed E-state index contributed by atoms with van der Waals surface area (Å²) in [5, 5.41) is 2.21. The quantitative estimate of drug-likeness (QED) is 0.467. The number of imidazole rings is 1. The molecule has 0 aliphatic heterocycles. The van der Waals surface area contributed by atoms with Crippen LogP contribution in [0.5, 0.6) is 0 Å². The standard InChI is InChI=1S/C20H23N5O2S/c1-3-5-10-25-18-17(19(26)23-20(25)27)24(4-2)15(22-18)12-28-16-11-13-8-6-7-9-14(13)21-16/h6-9,11,21H,3-5,10,12H2,1-2H3,(H,23,26,27). The van der Waals surface area contributed by atoms with Gasteiger partial charge in [0.05, 0.1) is 10.8 Å². The number of rotatable bonds is 7. The maximum Gasteiger partial charge on any atom is 0.330 e. The Morgan fingerprint density at radius 3 is 2.68 bits per heavy atom. The molecule has 0 spiro atoms. The van der Waals surface area contributed by atoms with Gasteiger partial charge in [0.1, 0.15) is 5.82 Å². The van der Waals surface area contributed by atoms with E-state index in [1.807, 2.05) is 29.7 Å². The number of hydrogen-bond donors (Lipinski definition) is 2. The SMILES string of the molecule is CCCCn1c(=O)[nH]c(=O)c2c1nc(CSc1cc3ccccc3[nH]1)n2CC. The summed E-state index contributed by atoms with van der Waals surface area (Å²) in [6.45, 7) is 5.23. The average Bonchev–Trinajstić information content (AvgIpc) is 3.27. The normalized spacial score (nSPS) is 11.6. The Hall–Kier alpha value is -2.74. The first-order valence-electron chi connectivity index (χ1n) is 9.55. The molecule has 8 heteroatoms. The largest absolute Gasteiger partial charge is 0.350 e. The molecule has 2 N–H and O–H groups in total. The molecule has 0 radical (unpaired) electrons. The number of benzene rings is 1. The maximum atomic E-state index is 12.5. The predicted molar refractivity (Wildman–Crippen MR) is 113 cm³/mol. The van der Waals surface area contributed by atoms with E-state index in [0.717, 1.165) is 29.2 Å². The molecule has 28 heavy (non-hydrogen) atoms. The average molecular weight is 398 g/mol. The summed E-state index contributed by atoms with van der Waals surface area (Å²) in [5.74, 6) is 1.40. The Labute approximate surface area is 165 Å². The second kappa shape index (κ2) is 7.71. The van der Waals surface area contributed by atoms with Gasteiger partial charge in [-0.15, -0.1) is 11.8 Å². The van der Waals surface area contributed by atoms with Crippen molar-refractivity contribution in [3.8, 4) is 0 Å². The molecule has 4 aromatic rings. The van der Waals surface area contributed by atoms with Gasteiger partial charge in [0.25, 0.3) is 5.56 Å². The number of nitrogens with zero attached hydrogens (tertiary/aromatic N) is 3. The molecule has 1 aromatic carbocycles. The van der Waals surface area contributed by atoms with E-state index in [0.29, 0.717) is 30.0 Å². The van der Waals surface area contributed by atoms with Crippen LogP contribution in [0.2, 0.25) is 0 Å². The fourth-order valence-corrected chi connectivity index (χ4v) is 4.36. The Balaban J connectivity index is 1.72. The molecule has 0 atom stereocenters. The molecule has 146 valence electrons. The summed E-state index contributed by atoms with van der Waals surface area (Å²) in [5.41, 5.74) is 1.30. The van der Waals surface area contributed by atoms with E-state index < -0.39 is 0 Å². The van der Waals surface area contributed by atoms with Crippen LogP contribution >= 0.6 is 11.8 Å². The molecule has 3 heterocycles. The second-order valence-corrected chi connectivity index (χ2v) is 7.74. The van der Waals surface area contributed by atoms with Crippen molar-refractivity contribution in [1.29, 1.82) is 0 Å². The number of H-pyrrole nitrogens is 2. The van der Waals surface area contributed by atoms with Gasteiger partial charge >= 0.3 is 5.69 Å². The summed E-state index contributed by atoms with van der Waals surface area (Å²) in [6.07, 6.45) is 1.82. The van der Waals surface area contributed by atoms with Gasteiger partial charge in [-0.3, -0.25) is 14.3 Å². The lowest BCUT2D eigenvalue weighted by atomic mass is 10.3. The zero-order chi connectivity index (χ0) is 19.7. The lowest BCUT2D eigenvalue weighted by Gasteiger charge is -2.06. The van der Waals surface area contributed by atoms with Gasteiger partial charge in [0.2, 0.25) is 0 Å². The Bertz CT molecular complexity index is 1210. The second-order valence-electron chi connectivity index (χ2n) is 6.72. The highest BCUT2D eigenvalue weighted by Crippen LogP contribution is 2.26. The van der Waals surface area contributed by atoms with Crippen LogP contribution in [0.4, 0.5) is 0 Å². The third kappa shape index (κ3) is 3.28. The van der Waals surface area contributed by atoms with Gasteiger partial charge in [-0.1, -0.05) is 31.5 Å². The lowest BCUT2D eigenvalue weighted by molar-refractivity contribution is 0.613. The summed E-state index contributed by atoms with van der Waals surface area (Å²) in [7, 11) is 0. The predicted octanol–water partition coefficient (Wildman–Crippen LogP) is 3.48. The number of aryl methyl sites for hydroxylation is 2. The minimum atomic E-state index is -0.387. The molecule has 3 aromatic heterocycles. The van der Waals surface area contributed by atoms with Crippen LogP contribution < -0.4 is 11.2 Å². The number of fused-ring (bicyclic) bond motifs is 2. The molecule has 0 aliphatic carbocycles. The first-order chi connectivity index (χ1) is 13.6. The van der Waals surface area contributed by atoms with E-state index in [-0.39, 0.29) is 11.2 Å². The molecule has 4 rings (SSSR count). The topological polar surface area (TPSA) is 88.5 Å². The number of thioether (sulfide) groups is 1. The highest BCUT2D eigenvalue weighted by Gasteiger charge is 2.18. The number of aromatic amines is 2. The first-order valence-corrected chi connectivity index (χ1v) is 10.5. The van der Waals surface area contributed by atoms with Gasteiger partial charge in [-0.2, -0.15) is 0 Å². The molecule has 7 nitrogen and oxygen atoms in total. The third-order valence-electron chi connectivity index (χ3n) is 4.88. The zero-order valence-corrected chi connectivity index (χ0v) is 16.8. The van der Waals surface area contributed by atoms with Crippen molar-refractivity contribution in [3.63, 3.8) is 0 Å². The Morgan fingerprint density at radius 1 is 1.11 bits per heavy atom. The molecule has 0 fully saturated rings. The summed E-state index contributed by atoms with van der Waals surface area (Å²) >= 11 is 1.64. The van der Waals surface area contributed by atoms with Crippen molar-refractivity contribution in [1.82, 2.24) is 24.1 Å². The number of nitrogens with one attached hydrogen (secondary N) is 2. The third-order valence-corrected chi connectivity index (χ3v) is 5.81. The van der Waals surface area contributed by atoms with Gasteiger partial charge in [0, 0.05) is 24.0 Å². The van der Waals surface area contributed by atoms with Crippen LogP contribution in [0.15, 0.2) is 44.9 Å². The van der Waals surface area contributed by atoms with Gasteiger partial charge in [0.15, 0.2) is 11.2 Å². The molecule has 0 unspecified atom stereocenters. The van der Waals surface area contributed by atoms with Gasteiger partial charge in [-0.25, -0.2) is 9.78 Å². The van der Waals surface area contributed by atoms with Crippen LogP contribution in [-0.4, -0.2) is 24.1 Å². The van der Waals surface area contributed by atoms with Crippen molar-refractivity contribution in [2.45, 2.75) is 50.6 Å². The van der Waals surface area contributed by atoms with Crippen molar-refractivity contribution < 1.29 is 0 Å². The van der Waals surface area contributed by atoms with Crippen molar-refractivity contribution in [2.24, 2.45) is 0 Å². The Morgan fingerprint density at radius 2 is 1.93 bits per heavy atom. The van der Waals surface area contributed by atoms with E-state index >= 15 is 0 Å². The van der Waals surface area contributed by atoms with Crippen molar-refractivity contribution in [3.05, 3.63) is 57.0 Å². The number of hydrogen-bond acceptors (Lipinski definition) is 4. The first kappa shape index (κ1) is 18.6. The number of para-hydroxylation sites is 1. The fourth-order valence-electron chi connectivity index (χ4n) is 3.46. The minimum absolute atomic E-state index is 0.371. The smallest absolute Gasteiger partial charge is 0.330 e. The monoisotopic (exact) mass is 397 g/mol. The van der Waals surface area contributed by atoms with Crippen molar-refractivity contribution >= 4 is 33.8 Å². The van der Waals surface area contributed by atoms with Crippen LogP contribution in [0.1, 0.15) is 32.5 Å². The van der Waals surface area contributed by atoms with Crippen LogP contribution in [0.3, 0.4) is 0 Å². The zero-order valence-electron chi connectivity index (χ0n) is 16.0. The molecule has 0 bridgehead atoms. The summed E-state index contributed by atoms with van der Waals surface area (Å²) in [6, 6.07) is 10.3.